The SMILES string of the molecule is COC(=O)c1ccc(OCC2(CS)CC2)cc1. The molecule has 0 N–H and O–H groups in total. The van der Waals surface area contributed by atoms with E-state index in [1.54, 1.807) is 24.3 Å². The number of benzene rings is 1. The Balaban J connectivity index is 1.92. The van der Waals surface area contributed by atoms with Crippen molar-refractivity contribution in [2.45, 2.75) is 12.8 Å². The Kier molecular flexibility index (Phi) is 3.62. The van der Waals surface area contributed by atoms with Gasteiger partial charge in [0.15, 0.2) is 0 Å². The first-order valence-electron chi connectivity index (χ1n) is 5.61. The van der Waals surface area contributed by atoms with Crippen LogP contribution in [0.2, 0.25) is 0 Å². The van der Waals surface area contributed by atoms with E-state index >= 15 is 0 Å². The van der Waals surface area contributed by atoms with Gasteiger partial charge in [0.25, 0.3) is 0 Å². The van der Waals surface area contributed by atoms with Crippen LogP contribution in [0, 0.1) is 5.41 Å². The second kappa shape index (κ2) is 5.00. The van der Waals surface area contributed by atoms with Gasteiger partial charge in [0.1, 0.15) is 5.75 Å². The van der Waals surface area contributed by atoms with Crippen LogP contribution in [0.4, 0.5) is 0 Å². The molecule has 0 spiro atoms. The van der Waals surface area contributed by atoms with Gasteiger partial charge in [0, 0.05) is 5.41 Å². The second-order valence-electron chi connectivity index (χ2n) is 4.46. The largest absolute Gasteiger partial charge is 0.493 e. The molecule has 1 saturated carbocycles. The fourth-order valence-electron chi connectivity index (χ4n) is 1.57. The Bertz CT molecular complexity index is 396. The smallest absolute Gasteiger partial charge is 0.337 e. The monoisotopic (exact) mass is 252 g/mol. The molecule has 92 valence electrons. The number of hydrogen-bond donors (Lipinski definition) is 1. The Hall–Kier alpha value is -1.16. The second-order valence-corrected chi connectivity index (χ2v) is 4.78. The first-order chi connectivity index (χ1) is 8.19. The fraction of sp³-hybridized carbons (Fsp3) is 0.462. The summed E-state index contributed by atoms with van der Waals surface area (Å²) in [6.07, 6.45) is 2.38. The van der Waals surface area contributed by atoms with Gasteiger partial charge < -0.3 is 9.47 Å². The minimum Gasteiger partial charge on any atom is -0.493 e. The van der Waals surface area contributed by atoms with E-state index < -0.39 is 0 Å². The number of thiol groups is 1. The highest BCUT2D eigenvalue weighted by Gasteiger charge is 2.42. The number of carbonyl (C=O) groups excluding carboxylic acids is 1. The molecule has 2 rings (SSSR count). The number of carbonyl (C=O) groups is 1. The van der Waals surface area contributed by atoms with Gasteiger partial charge in [-0.1, -0.05) is 0 Å². The molecule has 4 heteroatoms. The Morgan fingerprint density at radius 2 is 2.00 bits per heavy atom. The van der Waals surface area contributed by atoms with Crippen molar-refractivity contribution in [2.24, 2.45) is 5.41 Å². The molecule has 0 aromatic heterocycles. The predicted molar refractivity (Wildman–Crippen MR) is 68.8 cm³/mol. The molecule has 1 aliphatic rings. The molecule has 3 nitrogen and oxygen atoms in total. The molecule has 1 fully saturated rings. The van der Waals surface area contributed by atoms with E-state index in [-0.39, 0.29) is 11.4 Å². The van der Waals surface area contributed by atoms with Crippen molar-refractivity contribution in [3.63, 3.8) is 0 Å². The van der Waals surface area contributed by atoms with Gasteiger partial charge in [0.2, 0.25) is 0 Å². The molecule has 0 heterocycles. The molecule has 17 heavy (non-hydrogen) atoms. The van der Waals surface area contributed by atoms with Gasteiger partial charge in [-0.05, 0) is 42.9 Å². The van der Waals surface area contributed by atoms with Gasteiger partial charge in [0.05, 0.1) is 19.3 Å². The van der Waals surface area contributed by atoms with Crippen molar-refractivity contribution in [1.29, 1.82) is 0 Å². The summed E-state index contributed by atoms with van der Waals surface area (Å²) in [7, 11) is 1.37. The van der Waals surface area contributed by atoms with Gasteiger partial charge >= 0.3 is 5.97 Å². The lowest BCUT2D eigenvalue weighted by Gasteiger charge is -2.13. The fourth-order valence-corrected chi connectivity index (χ4v) is 1.97. The molecule has 0 bridgehead atoms. The van der Waals surface area contributed by atoms with Gasteiger partial charge in [-0.15, -0.1) is 0 Å². The van der Waals surface area contributed by atoms with Crippen LogP contribution in [0.5, 0.6) is 5.75 Å². The average molecular weight is 252 g/mol. The van der Waals surface area contributed by atoms with Crippen LogP contribution in [0.15, 0.2) is 24.3 Å². The summed E-state index contributed by atoms with van der Waals surface area (Å²) < 4.78 is 10.3. The zero-order valence-electron chi connectivity index (χ0n) is 9.81. The van der Waals surface area contributed by atoms with Gasteiger partial charge in [-0.3, -0.25) is 0 Å². The van der Waals surface area contributed by atoms with E-state index in [9.17, 15) is 4.79 Å². The van der Waals surface area contributed by atoms with Crippen LogP contribution in [0.1, 0.15) is 23.2 Å². The van der Waals surface area contributed by atoms with Crippen molar-refractivity contribution >= 4 is 18.6 Å². The normalized spacial score (nSPS) is 16.4. The molecule has 0 amide bonds. The summed E-state index contributed by atoms with van der Waals surface area (Å²) in [5, 5.41) is 0. The van der Waals surface area contributed by atoms with Crippen molar-refractivity contribution in [2.75, 3.05) is 19.5 Å². The van der Waals surface area contributed by atoms with E-state index in [1.807, 2.05) is 0 Å². The topological polar surface area (TPSA) is 35.5 Å². The average Bonchev–Trinajstić information content (AvgIpc) is 3.17. The van der Waals surface area contributed by atoms with E-state index in [0.29, 0.717) is 12.2 Å². The summed E-state index contributed by atoms with van der Waals surface area (Å²) in [5.74, 6) is 1.32. The standard InChI is InChI=1S/C13H16O3S/c1-15-12(14)10-2-4-11(5-3-10)16-8-13(9-17)6-7-13/h2-5,17H,6-9H2,1H3. The van der Waals surface area contributed by atoms with Crippen LogP contribution in [-0.4, -0.2) is 25.4 Å². The van der Waals surface area contributed by atoms with Gasteiger partial charge in [-0.2, -0.15) is 12.6 Å². The first-order valence-corrected chi connectivity index (χ1v) is 6.24. The summed E-state index contributed by atoms with van der Waals surface area (Å²) >= 11 is 4.32. The van der Waals surface area contributed by atoms with E-state index in [4.69, 9.17) is 4.74 Å². The Morgan fingerprint density at radius 1 is 1.35 bits per heavy atom. The maximum Gasteiger partial charge on any atom is 0.337 e. The third kappa shape index (κ3) is 2.94. The molecule has 1 aromatic rings. The molecule has 0 aliphatic heterocycles. The maximum absolute atomic E-state index is 11.2. The number of methoxy groups -OCH3 is 1. The quantitative estimate of drug-likeness (QED) is 0.646. The lowest BCUT2D eigenvalue weighted by molar-refractivity contribution is 0.0600. The number of hydrogen-bond acceptors (Lipinski definition) is 4. The lowest BCUT2D eigenvalue weighted by atomic mass is 10.1. The van der Waals surface area contributed by atoms with Crippen molar-refractivity contribution in [3.05, 3.63) is 29.8 Å². The zero-order valence-corrected chi connectivity index (χ0v) is 10.7. The van der Waals surface area contributed by atoms with Crippen molar-refractivity contribution < 1.29 is 14.3 Å². The summed E-state index contributed by atoms with van der Waals surface area (Å²) in [6, 6.07) is 7.00. The zero-order chi connectivity index (χ0) is 12.3. The molecule has 0 unspecified atom stereocenters. The van der Waals surface area contributed by atoms with Gasteiger partial charge in [-0.25, -0.2) is 4.79 Å². The third-order valence-corrected chi connectivity index (χ3v) is 3.78. The molecule has 1 aliphatic carbocycles. The lowest BCUT2D eigenvalue weighted by Crippen LogP contribution is -2.14. The number of rotatable bonds is 5. The minimum atomic E-state index is -0.328. The van der Waals surface area contributed by atoms with Crippen LogP contribution < -0.4 is 4.74 Å². The van der Waals surface area contributed by atoms with Crippen LogP contribution in [-0.2, 0) is 4.74 Å². The molecule has 0 saturated heterocycles. The third-order valence-electron chi connectivity index (χ3n) is 3.11. The minimum absolute atomic E-state index is 0.282. The summed E-state index contributed by atoms with van der Waals surface area (Å²) in [5.41, 5.74) is 0.819. The maximum atomic E-state index is 11.2. The highest BCUT2D eigenvalue weighted by molar-refractivity contribution is 7.80. The van der Waals surface area contributed by atoms with Crippen LogP contribution in [0.3, 0.4) is 0 Å². The highest BCUT2D eigenvalue weighted by atomic mass is 32.1. The summed E-state index contributed by atoms with van der Waals surface area (Å²) in [6.45, 7) is 0.702. The number of esters is 1. The van der Waals surface area contributed by atoms with Crippen LogP contribution in [0.25, 0.3) is 0 Å². The molecule has 0 atom stereocenters. The highest BCUT2D eigenvalue weighted by Crippen LogP contribution is 2.46. The molecular formula is C13H16O3S. The van der Waals surface area contributed by atoms with E-state index in [0.717, 1.165) is 11.5 Å². The molecular weight excluding hydrogens is 236 g/mol. The molecule has 0 radical (unpaired) electrons. The van der Waals surface area contributed by atoms with E-state index in [1.165, 1.54) is 20.0 Å². The van der Waals surface area contributed by atoms with Crippen molar-refractivity contribution in [1.82, 2.24) is 0 Å². The Morgan fingerprint density at radius 3 is 2.47 bits per heavy atom. The summed E-state index contributed by atoms with van der Waals surface area (Å²) in [4.78, 5) is 11.2. The Labute approximate surface area is 107 Å². The molecule has 1 aromatic carbocycles. The van der Waals surface area contributed by atoms with E-state index in [2.05, 4.69) is 17.4 Å². The van der Waals surface area contributed by atoms with Crippen molar-refractivity contribution in [3.8, 4) is 5.75 Å². The number of ether oxygens (including phenoxy) is 2. The first kappa shape index (κ1) is 12.3. The predicted octanol–water partition coefficient (Wildman–Crippen LogP) is 2.56. The van der Waals surface area contributed by atoms with Crippen LogP contribution >= 0.6 is 12.6 Å².